The molecule has 112 valence electrons. The lowest BCUT2D eigenvalue weighted by Crippen LogP contribution is -2.50. The predicted octanol–water partition coefficient (Wildman–Crippen LogP) is 1.18. The average molecular weight is 271 g/mol. The molecule has 1 saturated heterocycles. The molecule has 0 spiro atoms. The van der Waals surface area contributed by atoms with Crippen molar-refractivity contribution >= 4 is 6.03 Å². The van der Waals surface area contributed by atoms with Crippen LogP contribution in [0.5, 0.6) is 0 Å². The van der Waals surface area contributed by atoms with E-state index in [0.29, 0.717) is 0 Å². The van der Waals surface area contributed by atoms with Gasteiger partial charge in [-0.2, -0.15) is 0 Å². The van der Waals surface area contributed by atoms with Gasteiger partial charge in [-0.1, -0.05) is 20.8 Å². The molecule has 1 heterocycles. The molecule has 0 radical (unpaired) electrons. The number of amides is 2. The highest BCUT2D eigenvalue weighted by Gasteiger charge is 2.22. The number of carbonyl (C=O) groups is 1. The van der Waals surface area contributed by atoms with Gasteiger partial charge in [0.15, 0.2) is 0 Å². The van der Waals surface area contributed by atoms with E-state index in [9.17, 15) is 9.90 Å². The third kappa shape index (κ3) is 6.78. The van der Waals surface area contributed by atoms with Crippen molar-refractivity contribution in [1.82, 2.24) is 15.5 Å². The lowest BCUT2D eigenvalue weighted by Gasteiger charge is -2.30. The summed E-state index contributed by atoms with van der Waals surface area (Å²) in [5.74, 6) is 0. The van der Waals surface area contributed by atoms with E-state index in [-0.39, 0.29) is 30.1 Å². The molecule has 1 aliphatic heterocycles. The Labute approximate surface area is 116 Å². The SMILES string of the molecule is CN1CCC(NC(=O)NC(CO)CC(C)(C)C)CC1. The Morgan fingerprint density at radius 2 is 1.95 bits per heavy atom. The van der Waals surface area contributed by atoms with Gasteiger partial charge in [0.1, 0.15) is 0 Å². The van der Waals surface area contributed by atoms with Crippen LogP contribution in [0.3, 0.4) is 0 Å². The second kappa shape index (κ2) is 7.10. The molecule has 2 amide bonds. The molecule has 3 N–H and O–H groups in total. The molecule has 5 heteroatoms. The van der Waals surface area contributed by atoms with Gasteiger partial charge in [-0.15, -0.1) is 0 Å². The highest BCUT2D eigenvalue weighted by Crippen LogP contribution is 2.20. The number of hydrogen-bond donors (Lipinski definition) is 3. The van der Waals surface area contributed by atoms with Crippen LogP contribution in [0.2, 0.25) is 0 Å². The number of piperidine rings is 1. The molecule has 1 atom stereocenters. The molecule has 0 aromatic rings. The van der Waals surface area contributed by atoms with Crippen molar-refractivity contribution in [1.29, 1.82) is 0 Å². The molecule has 1 unspecified atom stereocenters. The number of rotatable bonds is 4. The molecule has 0 bridgehead atoms. The van der Waals surface area contributed by atoms with Crippen LogP contribution >= 0.6 is 0 Å². The van der Waals surface area contributed by atoms with Gasteiger partial charge in [0.25, 0.3) is 0 Å². The fraction of sp³-hybridized carbons (Fsp3) is 0.929. The predicted molar refractivity (Wildman–Crippen MR) is 77.1 cm³/mol. The van der Waals surface area contributed by atoms with Crippen LogP contribution in [0.1, 0.15) is 40.0 Å². The smallest absolute Gasteiger partial charge is 0.315 e. The first kappa shape index (κ1) is 16.2. The van der Waals surface area contributed by atoms with Crippen LogP contribution in [-0.2, 0) is 0 Å². The topological polar surface area (TPSA) is 64.6 Å². The van der Waals surface area contributed by atoms with E-state index in [4.69, 9.17) is 0 Å². The van der Waals surface area contributed by atoms with E-state index < -0.39 is 0 Å². The van der Waals surface area contributed by atoms with E-state index in [1.165, 1.54) is 0 Å². The largest absolute Gasteiger partial charge is 0.394 e. The number of nitrogens with zero attached hydrogens (tertiary/aromatic N) is 1. The zero-order valence-electron chi connectivity index (χ0n) is 12.7. The summed E-state index contributed by atoms with van der Waals surface area (Å²) in [5.41, 5.74) is 0.0915. The second-order valence-electron chi connectivity index (χ2n) is 6.84. The van der Waals surface area contributed by atoms with Crippen molar-refractivity contribution in [3.05, 3.63) is 0 Å². The standard InChI is InChI=1S/C14H29N3O2/c1-14(2,3)9-12(10-18)16-13(19)15-11-5-7-17(4)8-6-11/h11-12,18H,5-10H2,1-4H3,(H2,15,16,19). The second-order valence-corrected chi connectivity index (χ2v) is 6.84. The summed E-state index contributed by atoms with van der Waals surface area (Å²) in [5, 5.41) is 15.2. The maximum absolute atomic E-state index is 11.9. The Bertz CT molecular complexity index is 281. The fourth-order valence-electron chi connectivity index (χ4n) is 2.47. The van der Waals surface area contributed by atoms with Crippen molar-refractivity contribution in [2.45, 2.75) is 52.1 Å². The molecule has 0 aromatic carbocycles. The summed E-state index contributed by atoms with van der Waals surface area (Å²) in [6.07, 6.45) is 2.75. The molecule has 1 rings (SSSR count). The van der Waals surface area contributed by atoms with Gasteiger partial charge >= 0.3 is 6.03 Å². The molecule has 1 fully saturated rings. The Kier molecular flexibility index (Phi) is 6.07. The Balaban J connectivity index is 2.32. The van der Waals surface area contributed by atoms with Gasteiger partial charge in [-0.25, -0.2) is 4.79 Å². The molecule has 19 heavy (non-hydrogen) atoms. The number of hydrogen-bond acceptors (Lipinski definition) is 3. The van der Waals surface area contributed by atoms with Gasteiger partial charge in [-0.3, -0.25) is 0 Å². The van der Waals surface area contributed by atoms with Crippen LogP contribution in [0.15, 0.2) is 0 Å². The first-order chi connectivity index (χ1) is 8.80. The summed E-state index contributed by atoms with van der Waals surface area (Å²) in [7, 11) is 2.10. The quantitative estimate of drug-likeness (QED) is 0.719. The van der Waals surface area contributed by atoms with E-state index in [1.807, 2.05) is 0 Å². The highest BCUT2D eigenvalue weighted by molar-refractivity contribution is 5.74. The summed E-state index contributed by atoms with van der Waals surface area (Å²) < 4.78 is 0. The number of aliphatic hydroxyl groups is 1. The number of likely N-dealkylation sites (tertiary alicyclic amines) is 1. The highest BCUT2D eigenvalue weighted by atomic mass is 16.3. The van der Waals surface area contributed by atoms with Crippen molar-refractivity contribution in [2.24, 2.45) is 5.41 Å². The number of nitrogens with one attached hydrogen (secondary N) is 2. The van der Waals surface area contributed by atoms with Crippen LogP contribution in [0.25, 0.3) is 0 Å². The first-order valence-corrected chi connectivity index (χ1v) is 7.16. The maximum atomic E-state index is 11.9. The number of aliphatic hydroxyl groups excluding tert-OH is 1. The zero-order valence-corrected chi connectivity index (χ0v) is 12.7. The van der Waals surface area contributed by atoms with Crippen LogP contribution < -0.4 is 10.6 Å². The van der Waals surface area contributed by atoms with Crippen molar-refractivity contribution in [3.63, 3.8) is 0 Å². The zero-order chi connectivity index (χ0) is 14.5. The molecular weight excluding hydrogens is 242 g/mol. The molecule has 5 nitrogen and oxygen atoms in total. The Hall–Kier alpha value is -0.810. The molecule has 1 aliphatic rings. The summed E-state index contributed by atoms with van der Waals surface area (Å²) in [6, 6.07) is -0.0747. The monoisotopic (exact) mass is 271 g/mol. The third-order valence-corrected chi connectivity index (χ3v) is 3.47. The van der Waals surface area contributed by atoms with Crippen molar-refractivity contribution in [3.8, 4) is 0 Å². The number of urea groups is 1. The molecule has 0 saturated carbocycles. The van der Waals surface area contributed by atoms with Crippen LogP contribution in [0, 0.1) is 5.41 Å². The van der Waals surface area contributed by atoms with Gasteiger partial charge in [0.2, 0.25) is 0 Å². The summed E-state index contributed by atoms with van der Waals surface area (Å²) in [6.45, 7) is 8.34. The van der Waals surface area contributed by atoms with Gasteiger partial charge in [0.05, 0.1) is 12.6 Å². The Morgan fingerprint density at radius 3 is 2.42 bits per heavy atom. The van der Waals surface area contributed by atoms with Crippen molar-refractivity contribution in [2.75, 3.05) is 26.7 Å². The maximum Gasteiger partial charge on any atom is 0.315 e. The number of carbonyl (C=O) groups excluding carboxylic acids is 1. The van der Waals surface area contributed by atoms with Crippen LogP contribution in [-0.4, -0.2) is 54.9 Å². The van der Waals surface area contributed by atoms with Gasteiger partial charge in [0, 0.05) is 6.04 Å². The summed E-state index contributed by atoms with van der Waals surface area (Å²) in [4.78, 5) is 14.2. The minimum absolute atomic E-state index is 0.0158. The van der Waals surface area contributed by atoms with E-state index >= 15 is 0 Å². The van der Waals surface area contributed by atoms with Gasteiger partial charge < -0.3 is 20.6 Å². The normalized spacial score (nSPS) is 20.1. The minimum Gasteiger partial charge on any atom is -0.394 e. The van der Waals surface area contributed by atoms with Crippen LogP contribution in [0.4, 0.5) is 4.79 Å². The molecular formula is C14H29N3O2. The lowest BCUT2D eigenvalue weighted by molar-refractivity contribution is 0.183. The molecule has 0 aliphatic carbocycles. The van der Waals surface area contributed by atoms with Crippen molar-refractivity contribution < 1.29 is 9.90 Å². The summed E-state index contributed by atoms with van der Waals surface area (Å²) >= 11 is 0. The fourth-order valence-corrected chi connectivity index (χ4v) is 2.47. The van der Waals surface area contributed by atoms with E-state index in [0.717, 1.165) is 32.4 Å². The minimum atomic E-state index is -0.175. The average Bonchev–Trinajstić information content (AvgIpc) is 2.29. The molecule has 0 aromatic heterocycles. The third-order valence-electron chi connectivity index (χ3n) is 3.47. The van der Waals surface area contributed by atoms with E-state index in [2.05, 4.69) is 43.4 Å². The van der Waals surface area contributed by atoms with Gasteiger partial charge in [-0.05, 0) is 44.8 Å². The first-order valence-electron chi connectivity index (χ1n) is 7.16. The van der Waals surface area contributed by atoms with E-state index in [1.54, 1.807) is 0 Å². The lowest BCUT2D eigenvalue weighted by atomic mass is 9.88. The Morgan fingerprint density at radius 1 is 1.37 bits per heavy atom.